The first-order valence-corrected chi connectivity index (χ1v) is 5.47. The number of nitrogens with zero attached hydrogens (tertiary/aromatic N) is 2. The summed E-state index contributed by atoms with van der Waals surface area (Å²) >= 11 is 0. The van der Waals surface area contributed by atoms with Gasteiger partial charge in [0.1, 0.15) is 0 Å². The molecule has 1 aromatic rings. The molecular formula is C11H18N4. The van der Waals surface area contributed by atoms with Crippen LogP contribution < -0.4 is 11.1 Å². The van der Waals surface area contributed by atoms with Gasteiger partial charge in [0.15, 0.2) is 0 Å². The molecule has 1 unspecified atom stereocenters. The van der Waals surface area contributed by atoms with Crippen molar-refractivity contribution in [1.82, 2.24) is 15.3 Å². The summed E-state index contributed by atoms with van der Waals surface area (Å²) in [4.78, 5) is 8.69. The van der Waals surface area contributed by atoms with Gasteiger partial charge in [0.2, 0.25) is 5.95 Å². The molecule has 1 aromatic heterocycles. The molecule has 0 saturated heterocycles. The fraction of sp³-hybridized carbons (Fsp3) is 0.636. The molecule has 1 heterocycles. The van der Waals surface area contributed by atoms with Crippen LogP contribution in [0, 0.1) is 0 Å². The molecule has 4 nitrogen and oxygen atoms in total. The van der Waals surface area contributed by atoms with Gasteiger partial charge in [0, 0.05) is 11.6 Å². The Morgan fingerprint density at radius 3 is 2.73 bits per heavy atom. The maximum atomic E-state index is 5.71. The summed E-state index contributed by atoms with van der Waals surface area (Å²) in [7, 11) is 1.99. The molecule has 1 atom stereocenters. The Hall–Kier alpha value is -1.16. The SMILES string of the molecule is CNC1CCc2nc(N)nc(C(C)C)c21. The van der Waals surface area contributed by atoms with Gasteiger partial charge in [-0.25, -0.2) is 9.97 Å². The minimum Gasteiger partial charge on any atom is -0.368 e. The van der Waals surface area contributed by atoms with Gasteiger partial charge in [-0.3, -0.25) is 0 Å². The second-order valence-corrected chi connectivity index (χ2v) is 4.36. The lowest BCUT2D eigenvalue weighted by molar-refractivity contribution is 0.580. The smallest absolute Gasteiger partial charge is 0.220 e. The number of hydrogen-bond acceptors (Lipinski definition) is 4. The van der Waals surface area contributed by atoms with E-state index < -0.39 is 0 Å². The van der Waals surface area contributed by atoms with Crippen molar-refractivity contribution in [2.24, 2.45) is 0 Å². The van der Waals surface area contributed by atoms with Crippen LogP contribution in [-0.2, 0) is 6.42 Å². The zero-order chi connectivity index (χ0) is 11.0. The van der Waals surface area contributed by atoms with Crippen molar-refractivity contribution < 1.29 is 0 Å². The molecule has 4 heteroatoms. The molecule has 0 radical (unpaired) electrons. The number of anilines is 1. The summed E-state index contributed by atoms with van der Waals surface area (Å²) in [6.45, 7) is 4.29. The summed E-state index contributed by atoms with van der Waals surface area (Å²) in [5.41, 5.74) is 9.23. The number of nitrogen functional groups attached to an aromatic ring is 1. The Morgan fingerprint density at radius 1 is 1.40 bits per heavy atom. The van der Waals surface area contributed by atoms with Crippen LogP contribution in [0.4, 0.5) is 5.95 Å². The minimum absolute atomic E-state index is 0.401. The van der Waals surface area contributed by atoms with Crippen molar-refractivity contribution in [2.45, 2.75) is 38.6 Å². The molecule has 2 rings (SSSR count). The Balaban J connectivity index is 2.55. The lowest BCUT2D eigenvalue weighted by Gasteiger charge is -2.16. The zero-order valence-electron chi connectivity index (χ0n) is 9.54. The zero-order valence-corrected chi connectivity index (χ0v) is 9.54. The molecule has 0 amide bonds. The average molecular weight is 206 g/mol. The van der Waals surface area contributed by atoms with Crippen molar-refractivity contribution in [1.29, 1.82) is 0 Å². The van der Waals surface area contributed by atoms with Crippen LogP contribution in [0.15, 0.2) is 0 Å². The Labute approximate surface area is 90.3 Å². The topological polar surface area (TPSA) is 63.8 Å². The van der Waals surface area contributed by atoms with Crippen LogP contribution in [0.25, 0.3) is 0 Å². The highest BCUT2D eigenvalue weighted by Crippen LogP contribution is 2.34. The standard InChI is InChI=1S/C11H18N4/c1-6(2)10-9-7(13-3)4-5-8(9)14-11(12)15-10/h6-7,13H,4-5H2,1-3H3,(H2,12,14,15). The van der Waals surface area contributed by atoms with E-state index >= 15 is 0 Å². The highest BCUT2D eigenvalue weighted by molar-refractivity contribution is 5.39. The number of aromatic nitrogens is 2. The van der Waals surface area contributed by atoms with E-state index in [9.17, 15) is 0 Å². The van der Waals surface area contributed by atoms with Crippen molar-refractivity contribution in [3.8, 4) is 0 Å². The van der Waals surface area contributed by atoms with E-state index in [2.05, 4.69) is 29.1 Å². The minimum atomic E-state index is 0.401. The van der Waals surface area contributed by atoms with Gasteiger partial charge in [-0.05, 0) is 25.8 Å². The third kappa shape index (κ3) is 1.69. The Morgan fingerprint density at radius 2 is 2.13 bits per heavy atom. The second-order valence-electron chi connectivity index (χ2n) is 4.36. The lowest BCUT2D eigenvalue weighted by Crippen LogP contribution is -2.17. The first-order chi connectivity index (χ1) is 7.13. The molecule has 0 bridgehead atoms. The quantitative estimate of drug-likeness (QED) is 0.767. The van der Waals surface area contributed by atoms with E-state index in [0.29, 0.717) is 17.9 Å². The molecule has 3 N–H and O–H groups in total. The number of nitrogens with two attached hydrogens (primary N) is 1. The van der Waals surface area contributed by atoms with Gasteiger partial charge in [-0.15, -0.1) is 0 Å². The van der Waals surface area contributed by atoms with Crippen LogP contribution in [0.3, 0.4) is 0 Å². The lowest BCUT2D eigenvalue weighted by atomic mass is 10.0. The molecule has 0 aliphatic heterocycles. The summed E-state index contributed by atoms with van der Waals surface area (Å²) in [6, 6.07) is 0.401. The third-order valence-electron chi connectivity index (χ3n) is 2.98. The molecule has 15 heavy (non-hydrogen) atoms. The van der Waals surface area contributed by atoms with Gasteiger partial charge in [-0.1, -0.05) is 13.8 Å². The molecule has 82 valence electrons. The molecule has 1 aliphatic carbocycles. The molecule has 0 aromatic carbocycles. The van der Waals surface area contributed by atoms with Crippen molar-refractivity contribution in [3.05, 3.63) is 17.0 Å². The highest BCUT2D eigenvalue weighted by atomic mass is 15.0. The van der Waals surface area contributed by atoms with Gasteiger partial charge in [0.05, 0.1) is 11.4 Å². The summed E-state index contributed by atoms with van der Waals surface area (Å²) in [6.07, 6.45) is 2.11. The van der Waals surface area contributed by atoms with Crippen LogP contribution in [-0.4, -0.2) is 17.0 Å². The number of fused-ring (bicyclic) bond motifs is 1. The van der Waals surface area contributed by atoms with E-state index in [4.69, 9.17) is 5.73 Å². The van der Waals surface area contributed by atoms with E-state index in [1.165, 1.54) is 5.56 Å². The number of aryl methyl sites for hydroxylation is 1. The van der Waals surface area contributed by atoms with Gasteiger partial charge < -0.3 is 11.1 Å². The first-order valence-electron chi connectivity index (χ1n) is 5.47. The van der Waals surface area contributed by atoms with E-state index in [1.807, 2.05) is 7.05 Å². The van der Waals surface area contributed by atoms with Crippen molar-refractivity contribution in [3.63, 3.8) is 0 Å². The van der Waals surface area contributed by atoms with Gasteiger partial charge in [-0.2, -0.15) is 0 Å². The van der Waals surface area contributed by atoms with E-state index in [0.717, 1.165) is 24.2 Å². The largest absolute Gasteiger partial charge is 0.368 e. The normalized spacial score (nSPS) is 19.6. The molecule has 0 spiro atoms. The van der Waals surface area contributed by atoms with Crippen molar-refractivity contribution in [2.75, 3.05) is 12.8 Å². The Kier molecular flexibility index (Phi) is 2.61. The summed E-state index contributed by atoms with van der Waals surface area (Å²) in [5.74, 6) is 0.812. The highest BCUT2D eigenvalue weighted by Gasteiger charge is 2.27. The molecule has 1 aliphatic rings. The summed E-state index contributed by atoms with van der Waals surface area (Å²) in [5, 5.41) is 3.31. The second kappa shape index (κ2) is 3.77. The number of nitrogens with one attached hydrogen (secondary N) is 1. The van der Waals surface area contributed by atoms with E-state index in [-0.39, 0.29) is 0 Å². The first kappa shape index (κ1) is 10.4. The van der Waals surface area contributed by atoms with E-state index in [1.54, 1.807) is 0 Å². The maximum Gasteiger partial charge on any atom is 0.220 e. The van der Waals surface area contributed by atoms with Crippen LogP contribution >= 0.6 is 0 Å². The van der Waals surface area contributed by atoms with Gasteiger partial charge in [0.25, 0.3) is 0 Å². The molecular weight excluding hydrogens is 188 g/mol. The average Bonchev–Trinajstić information content (AvgIpc) is 2.58. The third-order valence-corrected chi connectivity index (χ3v) is 2.98. The van der Waals surface area contributed by atoms with Crippen LogP contribution in [0.5, 0.6) is 0 Å². The van der Waals surface area contributed by atoms with Crippen molar-refractivity contribution >= 4 is 5.95 Å². The number of rotatable bonds is 2. The maximum absolute atomic E-state index is 5.71. The predicted molar refractivity (Wildman–Crippen MR) is 60.7 cm³/mol. The molecule has 0 saturated carbocycles. The molecule has 0 fully saturated rings. The summed E-state index contributed by atoms with van der Waals surface area (Å²) < 4.78 is 0. The predicted octanol–water partition coefficient (Wildman–Crippen LogP) is 1.39. The fourth-order valence-electron chi connectivity index (χ4n) is 2.28. The number of hydrogen-bond donors (Lipinski definition) is 2. The fourth-order valence-corrected chi connectivity index (χ4v) is 2.28. The van der Waals surface area contributed by atoms with Crippen LogP contribution in [0.2, 0.25) is 0 Å². The van der Waals surface area contributed by atoms with Crippen LogP contribution in [0.1, 0.15) is 49.2 Å². The Bertz CT molecular complexity index is 373. The monoisotopic (exact) mass is 206 g/mol. The van der Waals surface area contributed by atoms with Gasteiger partial charge >= 0.3 is 0 Å².